The minimum atomic E-state index is -0.864. The van der Waals surface area contributed by atoms with Crippen molar-refractivity contribution >= 4 is 5.97 Å². The highest BCUT2D eigenvalue weighted by Crippen LogP contribution is 2.18. The van der Waals surface area contributed by atoms with Gasteiger partial charge in [0.05, 0.1) is 5.92 Å². The number of rotatable bonds is 3. The number of benzene rings is 1. The molecule has 3 nitrogen and oxygen atoms in total. The smallest absolute Gasteiger partial charge is 0.308 e. The maximum atomic E-state index is 10.6. The van der Waals surface area contributed by atoms with Crippen molar-refractivity contribution in [2.45, 2.75) is 13.0 Å². The Morgan fingerprint density at radius 3 is 2.38 bits per heavy atom. The molecule has 0 aliphatic carbocycles. The van der Waals surface area contributed by atoms with E-state index in [1.807, 2.05) is 30.3 Å². The number of aliphatic carboxylic acids is 1. The topological polar surface area (TPSA) is 63.3 Å². The minimum Gasteiger partial charge on any atom is -0.481 e. The molecule has 1 aromatic carbocycles. The quantitative estimate of drug-likeness (QED) is 0.737. The van der Waals surface area contributed by atoms with Gasteiger partial charge in [0.1, 0.15) is 0 Å². The second-order valence-corrected chi connectivity index (χ2v) is 3.06. The van der Waals surface area contributed by atoms with Crippen LogP contribution in [0.1, 0.15) is 18.5 Å². The van der Waals surface area contributed by atoms with Crippen molar-refractivity contribution in [2.75, 3.05) is 0 Å². The van der Waals surface area contributed by atoms with Gasteiger partial charge in [-0.15, -0.1) is 0 Å². The lowest BCUT2D eigenvalue weighted by molar-refractivity contribution is -0.141. The summed E-state index contributed by atoms with van der Waals surface area (Å²) in [5.41, 5.74) is 6.62. The summed E-state index contributed by atoms with van der Waals surface area (Å²) in [6.45, 7) is 1.61. The Hall–Kier alpha value is -1.35. The molecule has 0 aliphatic rings. The molecule has 0 saturated carbocycles. The van der Waals surface area contributed by atoms with Gasteiger partial charge >= 0.3 is 5.97 Å². The molecular weight excluding hydrogens is 166 g/mol. The van der Waals surface area contributed by atoms with E-state index < -0.39 is 17.9 Å². The van der Waals surface area contributed by atoms with Gasteiger partial charge in [0.2, 0.25) is 0 Å². The number of carbonyl (C=O) groups is 1. The lowest BCUT2D eigenvalue weighted by Crippen LogP contribution is -2.25. The molecule has 3 heteroatoms. The normalized spacial score (nSPS) is 14.9. The molecule has 0 heterocycles. The first-order valence-corrected chi connectivity index (χ1v) is 4.16. The summed E-state index contributed by atoms with van der Waals surface area (Å²) in [4.78, 5) is 10.6. The van der Waals surface area contributed by atoms with E-state index in [1.165, 1.54) is 0 Å². The number of hydrogen-bond donors (Lipinski definition) is 2. The van der Waals surface area contributed by atoms with Crippen molar-refractivity contribution in [3.05, 3.63) is 35.9 Å². The molecule has 0 bridgehead atoms. The van der Waals surface area contributed by atoms with E-state index in [2.05, 4.69) is 0 Å². The highest BCUT2D eigenvalue weighted by molar-refractivity contribution is 5.70. The highest BCUT2D eigenvalue weighted by Gasteiger charge is 2.20. The maximum Gasteiger partial charge on any atom is 0.308 e. The summed E-state index contributed by atoms with van der Waals surface area (Å²) >= 11 is 0. The van der Waals surface area contributed by atoms with Gasteiger partial charge in [-0.3, -0.25) is 4.79 Å². The summed E-state index contributed by atoms with van der Waals surface area (Å²) in [6, 6.07) is 8.82. The van der Waals surface area contributed by atoms with Gasteiger partial charge in [0.15, 0.2) is 0 Å². The number of hydrogen-bond acceptors (Lipinski definition) is 2. The summed E-state index contributed by atoms with van der Waals surface area (Å²) < 4.78 is 0. The van der Waals surface area contributed by atoms with Crippen LogP contribution in [0.5, 0.6) is 0 Å². The first kappa shape index (κ1) is 9.74. The lowest BCUT2D eigenvalue weighted by Gasteiger charge is -2.15. The Bertz CT molecular complexity index is 284. The molecule has 2 atom stereocenters. The number of carboxylic acids is 1. The van der Waals surface area contributed by atoms with Crippen molar-refractivity contribution in [1.82, 2.24) is 0 Å². The Morgan fingerprint density at radius 1 is 1.38 bits per heavy atom. The molecule has 0 aromatic heterocycles. The molecule has 0 amide bonds. The molecule has 0 unspecified atom stereocenters. The third-order valence-corrected chi connectivity index (χ3v) is 2.11. The summed E-state index contributed by atoms with van der Waals surface area (Å²) in [7, 11) is 0. The van der Waals surface area contributed by atoms with E-state index in [1.54, 1.807) is 6.92 Å². The van der Waals surface area contributed by atoms with Crippen molar-refractivity contribution in [2.24, 2.45) is 11.7 Å². The van der Waals surface area contributed by atoms with Crippen LogP contribution in [0.4, 0.5) is 0 Å². The highest BCUT2D eigenvalue weighted by atomic mass is 16.4. The number of nitrogens with two attached hydrogens (primary N) is 1. The van der Waals surface area contributed by atoms with Gasteiger partial charge in [0.25, 0.3) is 0 Å². The first-order chi connectivity index (χ1) is 6.13. The van der Waals surface area contributed by atoms with Crippen molar-refractivity contribution in [3.8, 4) is 0 Å². The minimum absolute atomic E-state index is 0.432. The standard InChI is InChI=1S/C10H13NO2/c1-7(10(12)13)9(11)8-5-3-2-4-6-8/h2-7,9H,11H2,1H3,(H,12,13)/t7-,9-/m0/s1. The average molecular weight is 179 g/mol. The van der Waals surface area contributed by atoms with E-state index in [4.69, 9.17) is 10.8 Å². The molecule has 0 fully saturated rings. The second kappa shape index (κ2) is 4.05. The van der Waals surface area contributed by atoms with Gasteiger partial charge in [0, 0.05) is 6.04 Å². The summed E-state index contributed by atoms with van der Waals surface area (Å²) in [5.74, 6) is -1.42. The van der Waals surface area contributed by atoms with Crippen molar-refractivity contribution in [1.29, 1.82) is 0 Å². The predicted octanol–water partition coefficient (Wildman–Crippen LogP) is 1.41. The zero-order valence-corrected chi connectivity index (χ0v) is 7.47. The van der Waals surface area contributed by atoms with Crippen LogP contribution >= 0.6 is 0 Å². The Kier molecular flexibility index (Phi) is 3.03. The fourth-order valence-corrected chi connectivity index (χ4v) is 1.12. The molecule has 1 rings (SSSR count). The van der Waals surface area contributed by atoms with Gasteiger partial charge in [-0.25, -0.2) is 0 Å². The third-order valence-electron chi connectivity index (χ3n) is 2.11. The zero-order valence-electron chi connectivity index (χ0n) is 7.47. The van der Waals surface area contributed by atoms with E-state index >= 15 is 0 Å². The van der Waals surface area contributed by atoms with E-state index in [9.17, 15) is 4.79 Å². The first-order valence-electron chi connectivity index (χ1n) is 4.16. The van der Waals surface area contributed by atoms with Crippen LogP contribution in [-0.4, -0.2) is 11.1 Å². The molecule has 0 spiro atoms. The molecule has 13 heavy (non-hydrogen) atoms. The second-order valence-electron chi connectivity index (χ2n) is 3.06. The molecule has 1 aromatic rings. The molecule has 0 radical (unpaired) electrons. The monoisotopic (exact) mass is 179 g/mol. The molecule has 70 valence electrons. The van der Waals surface area contributed by atoms with Crippen LogP contribution < -0.4 is 5.73 Å². The Balaban J connectivity index is 2.79. The summed E-state index contributed by atoms with van der Waals surface area (Å²) in [6.07, 6.45) is 0. The Morgan fingerprint density at radius 2 is 1.92 bits per heavy atom. The fourth-order valence-electron chi connectivity index (χ4n) is 1.12. The van der Waals surface area contributed by atoms with Crippen LogP contribution in [0.2, 0.25) is 0 Å². The third kappa shape index (κ3) is 2.29. The van der Waals surface area contributed by atoms with Crippen molar-refractivity contribution in [3.63, 3.8) is 0 Å². The molecule has 3 N–H and O–H groups in total. The van der Waals surface area contributed by atoms with Crippen LogP contribution in [0.25, 0.3) is 0 Å². The van der Waals surface area contributed by atoms with Gasteiger partial charge in [-0.05, 0) is 5.56 Å². The average Bonchev–Trinajstić information content (AvgIpc) is 2.17. The fraction of sp³-hybridized carbons (Fsp3) is 0.300. The molecular formula is C10H13NO2. The van der Waals surface area contributed by atoms with E-state index in [0.29, 0.717) is 0 Å². The van der Waals surface area contributed by atoms with Crippen LogP contribution in [-0.2, 0) is 4.79 Å². The SMILES string of the molecule is C[C@H](C(=O)O)[C@H](N)c1ccccc1. The number of carboxylic acid groups (broad SMARTS) is 1. The van der Waals surface area contributed by atoms with Gasteiger partial charge < -0.3 is 10.8 Å². The molecule has 0 saturated heterocycles. The van der Waals surface area contributed by atoms with Gasteiger partial charge in [-0.1, -0.05) is 37.3 Å². The van der Waals surface area contributed by atoms with E-state index in [0.717, 1.165) is 5.56 Å². The lowest BCUT2D eigenvalue weighted by atomic mass is 9.96. The van der Waals surface area contributed by atoms with Crippen LogP contribution in [0.15, 0.2) is 30.3 Å². The molecule has 0 aliphatic heterocycles. The van der Waals surface area contributed by atoms with E-state index in [-0.39, 0.29) is 0 Å². The van der Waals surface area contributed by atoms with Crippen molar-refractivity contribution < 1.29 is 9.90 Å². The van der Waals surface area contributed by atoms with Crippen LogP contribution in [0, 0.1) is 5.92 Å². The Labute approximate surface area is 77.2 Å². The predicted molar refractivity (Wildman–Crippen MR) is 50.2 cm³/mol. The summed E-state index contributed by atoms with van der Waals surface area (Å²) in [5, 5.41) is 8.73. The van der Waals surface area contributed by atoms with Gasteiger partial charge in [-0.2, -0.15) is 0 Å². The zero-order chi connectivity index (χ0) is 9.84. The largest absolute Gasteiger partial charge is 0.481 e. The van der Waals surface area contributed by atoms with Crippen LogP contribution in [0.3, 0.4) is 0 Å². The maximum absolute atomic E-state index is 10.6.